The molecule has 2 nitrogen and oxygen atoms in total. The molecule has 0 fully saturated rings. The van der Waals surface area contributed by atoms with Crippen molar-refractivity contribution in [3.63, 3.8) is 0 Å². The maximum atomic E-state index is 13.4. The Balaban J connectivity index is 2.29. The zero-order valence-corrected chi connectivity index (χ0v) is 13.0. The number of nitrogens with zero attached hydrogens (tertiary/aromatic N) is 1. The van der Waals surface area contributed by atoms with Crippen LogP contribution in [0.5, 0.6) is 0 Å². The van der Waals surface area contributed by atoms with Crippen LogP contribution < -0.4 is 5.32 Å². The molecule has 5 heteroatoms. The van der Waals surface area contributed by atoms with Gasteiger partial charge in [0.05, 0.1) is 11.1 Å². The number of hydrogen-bond donors (Lipinski definition) is 1. The minimum Gasteiger partial charge on any atom is -0.366 e. The highest BCUT2D eigenvalue weighted by Crippen LogP contribution is 2.28. The van der Waals surface area contributed by atoms with Crippen LogP contribution in [0.15, 0.2) is 40.9 Å². The molecular formula is C15H11BrClFN2. The SMILES string of the molecule is Cc1cc(F)cc(NC(C#N)c2ccc(Cl)c(Br)c2)c1. The van der Waals surface area contributed by atoms with Crippen LogP contribution >= 0.6 is 27.5 Å². The van der Waals surface area contributed by atoms with Crippen LogP contribution in [0.3, 0.4) is 0 Å². The first-order valence-electron chi connectivity index (χ1n) is 5.88. The summed E-state index contributed by atoms with van der Waals surface area (Å²) in [6.07, 6.45) is 0. The number of nitriles is 1. The molecule has 20 heavy (non-hydrogen) atoms. The van der Waals surface area contributed by atoms with E-state index in [1.165, 1.54) is 12.1 Å². The maximum absolute atomic E-state index is 13.4. The molecule has 1 atom stereocenters. The van der Waals surface area contributed by atoms with E-state index in [1.807, 2.05) is 0 Å². The number of nitrogens with one attached hydrogen (secondary N) is 1. The van der Waals surface area contributed by atoms with Crippen LogP contribution in [0.1, 0.15) is 17.2 Å². The fourth-order valence-electron chi connectivity index (χ4n) is 1.87. The van der Waals surface area contributed by atoms with E-state index in [2.05, 4.69) is 27.3 Å². The predicted octanol–water partition coefficient (Wildman–Crippen LogP) is 5.23. The lowest BCUT2D eigenvalue weighted by Crippen LogP contribution is -2.09. The van der Waals surface area contributed by atoms with E-state index in [1.54, 1.807) is 31.2 Å². The van der Waals surface area contributed by atoms with E-state index in [0.29, 0.717) is 15.2 Å². The summed E-state index contributed by atoms with van der Waals surface area (Å²) in [6.45, 7) is 1.80. The van der Waals surface area contributed by atoms with E-state index in [4.69, 9.17) is 11.6 Å². The number of anilines is 1. The van der Waals surface area contributed by atoms with Crippen molar-refractivity contribution in [3.8, 4) is 6.07 Å². The Morgan fingerprint density at radius 2 is 2.05 bits per heavy atom. The first kappa shape index (κ1) is 14.8. The number of hydrogen-bond acceptors (Lipinski definition) is 2. The lowest BCUT2D eigenvalue weighted by Gasteiger charge is -2.14. The van der Waals surface area contributed by atoms with Crippen molar-refractivity contribution in [2.75, 3.05) is 5.32 Å². The average Bonchev–Trinajstić information content (AvgIpc) is 2.38. The molecule has 2 aromatic carbocycles. The van der Waals surface area contributed by atoms with Gasteiger partial charge >= 0.3 is 0 Å². The largest absolute Gasteiger partial charge is 0.366 e. The van der Waals surface area contributed by atoms with Gasteiger partial charge in [-0.25, -0.2) is 4.39 Å². The van der Waals surface area contributed by atoms with Crippen molar-refractivity contribution in [3.05, 3.63) is 62.8 Å². The Bertz CT molecular complexity index is 662. The van der Waals surface area contributed by atoms with E-state index >= 15 is 0 Å². The Morgan fingerprint density at radius 1 is 1.30 bits per heavy atom. The van der Waals surface area contributed by atoms with Gasteiger partial charge in [0.25, 0.3) is 0 Å². The fourth-order valence-corrected chi connectivity index (χ4v) is 2.38. The molecule has 0 heterocycles. The molecule has 0 saturated heterocycles. The van der Waals surface area contributed by atoms with Crippen molar-refractivity contribution in [1.29, 1.82) is 5.26 Å². The van der Waals surface area contributed by atoms with Gasteiger partial charge in [-0.3, -0.25) is 0 Å². The molecular weight excluding hydrogens is 343 g/mol. The van der Waals surface area contributed by atoms with Crippen LogP contribution in [-0.2, 0) is 0 Å². The van der Waals surface area contributed by atoms with E-state index < -0.39 is 6.04 Å². The molecule has 0 amide bonds. The second-order valence-electron chi connectivity index (χ2n) is 4.40. The van der Waals surface area contributed by atoms with Crippen LogP contribution in [0, 0.1) is 24.1 Å². The topological polar surface area (TPSA) is 35.8 Å². The molecule has 2 rings (SSSR count). The third-order valence-corrected chi connectivity index (χ3v) is 3.97. The summed E-state index contributed by atoms with van der Waals surface area (Å²) in [6, 6.07) is 11.4. The van der Waals surface area contributed by atoms with Gasteiger partial charge < -0.3 is 5.32 Å². The minimum atomic E-state index is -0.579. The van der Waals surface area contributed by atoms with Crippen LogP contribution in [0.2, 0.25) is 5.02 Å². The highest BCUT2D eigenvalue weighted by atomic mass is 79.9. The number of aryl methyl sites for hydroxylation is 1. The molecule has 1 unspecified atom stereocenters. The quantitative estimate of drug-likeness (QED) is 0.820. The van der Waals surface area contributed by atoms with Gasteiger partial charge in [-0.2, -0.15) is 5.26 Å². The van der Waals surface area contributed by atoms with Gasteiger partial charge in [-0.1, -0.05) is 17.7 Å². The summed E-state index contributed by atoms with van der Waals surface area (Å²) in [5.41, 5.74) is 2.12. The van der Waals surface area contributed by atoms with Gasteiger partial charge in [-0.15, -0.1) is 0 Å². The molecule has 0 aliphatic heterocycles. The van der Waals surface area contributed by atoms with Gasteiger partial charge in [0.15, 0.2) is 0 Å². The van der Waals surface area contributed by atoms with Crippen molar-refractivity contribution in [1.82, 2.24) is 0 Å². The summed E-state index contributed by atoms with van der Waals surface area (Å²) < 4.78 is 14.1. The van der Waals surface area contributed by atoms with Crippen molar-refractivity contribution >= 4 is 33.2 Å². The zero-order chi connectivity index (χ0) is 14.7. The normalized spacial score (nSPS) is 11.8. The minimum absolute atomic E-state index is 0.332. The third kappa shape index (κ3) is 3.50. The van der Waals surface area contributed by atoms with Crippen molar-refractivity contribution in [2.45, 2.75) is 13.0 Å². The molecule has 0 bridgehead atoms. The fraction of sp³-hybridized carbons (Fsp3) is 0.133. The summed E-state index contributed by atoms with van der Waals surface area (Å²) in [7, 11) is 0. The molecule has 0 aromatic heterocycles. The van der Waals surface area contributed by atoms with Crippen LogP contribution in [-0.4, -0.2) is 0 Å². The smallest absolute Gasteiger partial charge is 0.140 e. The third-order valence-electron chi connectivity index (χ3n) is 2.76. The van der Waals surface area contributed by atoms with E-state index in [-0.39, 0.29) is 5.82 Å². The Labute approximate surface area is 130 Å². The molecule has 102 valence electrons. The second-order valence-corrected chi connectivity index (χ2v) is 5.66. The molecule has 0 aliphatic carbocycles. The zero-order valence-electron chi connectivity index (χ0n) is 10.6. The molecule has 0 saturated carbocycles. The summed E-state index contributed by atoms with van der Waals surface area (Å²) in [5.74, 6) is -0.332. The monoisotopic (exact) mass is 352 g/mol. The Hall–Kier alpha value is -1.57. The summed E-state index contributed by atoms with van der Waals surface area (Å²) in [4.78, 5) is 0. The molecule has 0 spiro atoms. The van der Waals surface area contributed by atoms with E-state index in [0.717, 1.165) is 11.1 Å². The van der Waals surface area contributed by atoms with Gasteiger partial charge in [0.2, 0.25) is 0 Å². The van der Waals surface area contributed by atoms with Crippen molar-refractivity contribution < 1.29 is 4.39 Å². The molecule has 1 N–H and O–H groups in total. The average molecular weight is 354 g/mol. The van der Waals surface area contributed by atoms with Crippen LogP contribution in [0.25, 0.3) is 0 Å². The van der Waals surface area contributed by atoms with Crippen LogP contribution in [0.4, 0.5) is 10.1 Å². The standard InChI is InChI=1S/C15H11BrClFN2/c1-9-4-11(18)7-12(5-9)20-15(8-19)10-2-3-14(17)13(16)6-10/h2-7,15,20H,1H3. The molecule has 2 aromatic rings. The first-order valence-corrected chi connectivity index (χ1v) is 7.05. The Morgan fingerprint density at radius 3 is 2.65 bits per heavy atom. The van der Waals surface area contributed by atoms with Gasteiger partial charge in [-0.05, 0) is 64.3 Å². The highest BCUT2D eigenvalue weighted by molar-refractivity contribution is 9.10. The van der Waals surface area contributed by atoms with Crippen molar-refractivity contribution in [2.24, 2.45) is 0 Å². The number of halogens is 3. The highest BCUT2D eigenvalue weighted by Gasteiger charge is 2.12. The van der Waals surface area contributed by atoms with Gasteiger partial charge in [0.1, 0.15) is 11.9 Å². The summed E-state index contributed by atoms with van der Waals surface area (Å²) >= 11 is 9.25. The lowest BCUT2D eigenvalue weighted by atomic mass is 10.1. The lowest BCUT2D eigenvalue weighted by molar-refractivity contribution is 0.627. The summed E-state index contributed by atoms with van der Waals surface area (Å²) in [5, 5.41) is 12.9. The second kappa shape index (κ2) is 6.25. The Kier molecular flexibility index (Phi) is 4.64. The van der Waals surface area contributed by atoms with Gasteiger partial charge in [0, 0.05) is 10.2 Å². The number of rotatable bonds is 3. The molecule has 0 radical (unpaired) electrons. The maximum Gasteiger partial charge on any atom is 0.140 e. The van der Waals surface area contributed by atoms with E-state index in [9.17, 15) is 9.65 Å². The predicted molar refractivity (Wildman–Crippen MR) is 82.3 cm³/mol. The first-order chi connectivity index (χ1) is 9.49. The number of benzene rings is 2. The molecule has 0 aliphatic rings.